The number of hydrogen-bond acceptors (Lipinski definition) is 4. The number of benzene rings is 1. The fraction of sp³-hybridized carbons (Fsp3) is 0.167. The van der Waals surface area contributed by atoms with Crippen LogP contribution in [0.5, 0.6) is 0 Å². The van der Waals surface area contributed by atoms with Crippen LogP contribution in [0.15, 0.2) is 29.1 Å². The van der Waals surface area contributed by atoms with E-state index in [1.807, 2.05) is 5.38 Å². The lowest BCUT2D eigenvalue weighted by molar-refractivity contribution is 0.0784. The van der Waals surface area contributed by atoms with E-state index >= 15 is 0 Å². The van der Waals surface area contributed by atoms with Crippen LogP contribution >= 0.6 is 22.9 Å². The lowest BCUT2D eigenvalue weighted by Gasteiger charge is -2.17. The molecule has 2 N–H and O–H groups in total. The highest BCUT2D eigenvalue weighted by molar-refractivity contribution is 7.07. The second-order valence-corrected chi connectivity index (χ2v) is 5.01. The third-order valence-corrected chi connectivity index (χ3v) is 3.42. The standard InChI is InChI=1S/C12H12ClN3OS/c1-16(5-9-6-18-7-15-9)12(17)10-4-8(14)2-3-11(10)13/h2-4,6-7H,5,14H2,1H3. The number of halogens is 1. The third kappa shape index (κ3) is 2.80. The Morgan fingerprint density at radius 3 is 3.00 bits per heavy atom. The molecule has 18 heavy (non-hydrogen) atoms. The monoisotopic (exact) mass is 281 g/mol. The van der Waals surface area contributed by atoms with Crippen molar-refractivity contribution < 1.29 is 4.79 Å². The van der Waals surface area contributed by atoms with Gasteiger partial charge >= 0.3 is 0 Å². The van der Waals surface area contributed by atoms with Crippen molar-refractivity contribution in [3.8, 4) is 0 Å². The molecule has 0 unspecified atom stereocenters. The third-order valence-electron chi connectivity index (χ3n) is 2.45. The summed E-state index contributed by atoms with van der Waals surface area (Å²) in [6, 6.07) is 4.88. The number of aromatic nitrogens is 1. The van der Waals surface area contributed by atoms with E-state index in [2.05, 4.69) is 4.98 Å². The summed E-state index contributed by atoms with van der Waals surface area (Å²) in [6.07, 6.45) is 0. The average molecular weight is 282 g/mol. The Labute approximate surface area is 114 Å². The van der Waals surface area contributed by atoms with Gasteiger partial charge in [0.25, 0.3) is 5.91 Å². The minimum absolute atomic E-state index is 0.166. The molecule has 0 bridgehead atoms. The number of amides is 1. The van der Waals surface area contributed by atoms with Gasteiger partial charge in [0, 0.05) is 18.1 Å². The van der Waals surface area contributed by atoms with Crippen LogP contribution in [0.25, 0.3) is 0 Å². The molecule has 2 aromatic rings. The van der Waals surface area contributed by atoms with Crippen LogP contribution < -0.4 is 5.73 Å². The molecule has 4 nitrogen and oxygen atoms in total. The zero-order chi connectivity index (χ0) is 13.1. The molecular weight excluding hydrogens is 270 g/mol. The molecule has 0 spiro atoms. The van der Waals surface area contributed by atoms with Gasteiger partial charge in [-0.2, -0.15) is 0 Å². The molecule has 0 saturated carbocycles. The first-order chi connectivity index (χ1) is 8.58. The average Bonchev–Trinajstić information content (AvgIpc) is 2.84. The minimum Gasteiger partial charge on any atom is -0.399 e. The Balaban J connectivity index is 2.17. The van der Waals surface area contributed by atoms with E-state index in [4.69, 9.17) is 17.3 Å². The van der Waals surface area contributed by atoms with Gasteiger partial charge in [0.2, 0.25) is 0 Å². The van der Waals surface area contributed by atoms with Crippen molar-refractivity contribution >= 4 is 34.5 Å². The lowest BCUT2D eigenvalue weighted by Crippen LogP contribution is -2.26. The highest BCUT2D eigenvalue weighted by Crippen LogP contribution is 2.20. The first-order valence-corrected chi connectivity index (χ1v) is 6.57. The predicted molar refractivity (Wildman–Crippen MR) is 73.8 cm³/mol. The second-order valence-electron chi connectivity index (χ2n) is 3.88. The SMILES string of the molecule is CN(Cc1cscn1)C(=O)c1cc(N)ccc1Cl. The summed E-state index contributed by atoms with van der Waals surface area (Å²) >= 11 is 7.50. The lowest BCUT2D eigenvalue weighted by atomic mass is 10.1. The van der Waals surface area contributed by atoms with Crippen molar-refractivity contribution in [2.24, 2.45) is 0 Å². The number of nitrogen functional groups attached to an aromatic ring is 1. The number of rotatable bonds is 3. The molecule has 1 heterocycles. The van der Waals surface area contributed by atoms with E-state index in [1.165, 1.54) is 11.3 Å². The summed E-state index contributed by atoms with van der Waals surface area (Å²) in [5.74, 6) is -0.166. The van der Waals surface area contributed by atoms with Gasteiger partial charge in [-0.1, -0.05) is 11.6 Å². The zero-order valence-corrected chi connectivity index (χ0v) is 11.3. The van der Waals surface area contributed by atoms with Gasteiger partial charge in [0.1, 0.15) is 0 Å². The van der Waals surface area contributed by atoms with Crippen LogP contribution in [0.2, 0.25) is 5.02 Å². The number of thiazole rings is 1. The first kappa shape index (κ1) is 12.9. The largest absolute Gasteiger partial charge is 0.399 e. The molecule has 1 aromatic heterocycles. The maximum absolute atomic E-state index is 12.2. The molecule has 1 aromatic carbocycles. The van der Waals surface area contributed by atoms with Gasteiger partial charge in [0.05, 0.1) is 28.3 Å². The summed E-state index contributed by atoms with van der Waals surface area (Å²) in [7, 11) is 1.71. The molecule has 6 heteroatoms. The number of carbonyl (C=O) groups excluding carboxylic acids is 1. The van der Waals surface area contributed by atoms with Crippen LogP contribution in [0, 0.1) is 0 Å². The minimum atomic E-state index is -0.166. The Bertz CT molecular complexity index is 556. The van der Waals surface area contributed by atoms with Crippen LogP contribution in [0.4, 0.5) is 5.69 Å². The number of nitrogens with two attached hydrogens (primary N) is 1. The van der Waals surface area contributed by atoms with Gasteiger partial charge < -0.3 is 10.6 Å². The van der Waals surface area contributed by atoms with Crippen LogP contribution in [-0.2, 0) is 6.54 Å². The number of nitrogens with zero attached hydrogens (tertiary/aromatic N) is 2. The topological polar surface area (TPSA) is 59.2 Å². The number of anilines is 1. The smallest absolute Gasteiger partial charge is 0.255 e. The van der Waals surface area contributed by atoms with Crippen LogP contribution in [0.3, 0.4) is 0 Å². The van der Waals surface area contributed by atoms with E-state index in [-0.39, 0.29) is 5.91 Å². The van der Waals surface area contributed by atoms with E-state index in [9.17, 15) is 4.79 Å². The summed E-state index contributed by atoms with van der Waals surface area (Å²) in [5.41, 5.74) is 9.19. The van der Waals surface area contributed by atoms with E-state index in [0.29, 0.717) is 22.8 Å². The quantitative estimate of drug-likeness (QED) is 0.880. The normalized spacial score (nSPS) is 10.3. The predicted octanol–water partition coefficient (Wildman–Crippen LogP) is 2.65. The maximum atomic E-state index is 12.2. The summed E-state index contributed by atoms with van der Waals surface area (Å²) in [5, 5.41) is 2.31. The van der Waals surface area contributed by atoms with E-state index < -0.39 is 0 Å². The highest BCUT2D eigenvalue weighted by Gasteiger charge is 2.16. The Hall–Kier alpha value is -1.59. The van der Waals surface area contributed by atoms with Gasteiger partial charge in [-0.15, -0.1) is 11.3 Å². The first-order valence-electron chi connectivity index (χ1n) is 5.25. The van der Waals surface area contributed by atoms with Crippen LogP contribution in [-0.4, -0.2) is 22.8 Å². The molecule has 0 fully saturated rings. The Morgan fingerprint density at radius 2 is 2.33 bits per heavy atom. The van der Waals surface area contributed by atoms with Crippen molar-refractivity contribution in [3.05, 3.63) is 45.4 Å². The number of carbonyl (C=O) groups is 1. The number of hydrogen-bond donors (Lipinski definition) is 1. The summed E-state index contributed by atoms with van der Waals surface area (Å²) in [6.45, 7) is 0.452. The molecule has 94 valence electrons. The molecular formula is C12H12ClN3OS. The highest BCUT2D eigenvalue weighted by atomic mass is 35.5. The Kier molecular flexibility index (Phi) is 3.84. The van der Waals surface area contributed by atoms with Crippen molar-refractivity contribution in [2.45, 2.75) is 6.54 Å². The van der Waals surface area contributed by atoms with Gasteiger partial charge in [0.15, 0.2) is 0 Å². The van der Waals surface area contributed by atoms with E-state index in [1.54, 1.807) is 35.7 Å². The molecule has 0 aliphatic carbocycles. The van der Waals surface area contributed by atoms with Gasteiger partial charge in [-0.3, -0.25) is 4.79 Å². The van der Waals surface area contributed by atoms with Crippen molar-refractivity contribution in [1.82, 2.24) is 9.88 Å². The molecule has 0 aliphatic rings. The molecule has 0 atom stereocenters. The van der Waals surface area contributed by atoms with Crippen molar-refractivity contribution in [3.63, 3.8) is 0 Å². The molecule has 0 radical (unpaired) electrons. The summed E-state index contributed by atoms with van der Waals surface area (Å²) in [4.78, 5) is 17.9. The van der Waals surface area contributed by atoms with Gasteiger partial charge in [-0.25, -0.2) is 4.98 Å². The van der Waals surface area contributed by atoms with Crippen molar-refractivity contribution in [2.75, 3.05) is 12.8 Å². The van der Waals surface area contributed by atoms with Gasteiger partial charge in [-0.05, 0) is 18.2 Å². The van der Waals surface area contributed by atoms with Crippen LogP contribution in [0.1, 0.15) is 16.1 Å². The molecule has 1 amide bonds. The second kappa shape index (κ2) is 5.37. The van der Waals surface area contributed by atoms with Crippen molar-refractivity contribution in [1.29, 1.82) is 0 Å². The molecule has 0 saturated heterocycles. The maximum Gasteiger partial charge on any atom is 0.255 e. The molecule has 2 rings (SSSR count). The fourth-order valence-corrected chi connectivity index (χ4v) is 2.29. The Morgan fingerprint density at radius 1 is 1.56 bits per heavy atom. The van der Waals surface area contributed by atoms with E-state index in [0.717, 1.165) is 5.69 Å². The zero-order valence-electron chi connectivity index (χ0n) is 9.76. The molecule has 0 aliphatic heterocycles. The summed E-state index contributed by atoms with van der Waals surface area (Å²) < 4.78 is 0. The fourth-order valence-electron chi connectivity index (χ4n) is 1.54.